The Kier molecular flexibility index (Phi) is 2.26. The van der Waals surface area contributed by atoms with E-state index in [-0.39, 0.29) is 5.41 Å². The highest BCUT2D eigenvalue weighted by Gasteiger charge is 2.06. The normalized spacial score (nSPS) is 12.0. The third-order valence-electron chi connectivity index (χ3n) is 0.609. The van der Waals surface area contributed by atoms with Gasteiger partial charge in [0.05, 0.1) is 0 Å². The Morgan fingerprint density at radius 2 is 1.86 bits per heavy atom. The molecular weight excluding hydrogens is 90.1 g/mol. The summed E-state index contributed by atoms with van der Waals surface area (Å²) in [6.07, 6.45) is 0. The van der Waals surface area contributed by atoms with E-state index in [0.717, 1.165) is 0 Å². The topological polar surface area (TPSA) is 32.3 Å². The van der Waals surface area contributed by atoms with Crippen LogP contribution in [0.15, 0.2) is 0 Å². The molecule has 0 heterocycles. The van der Waals surface area contributed by atoms with Crippen molar-refractivity contribution >= 4 is 0 Å². The van der Waals surface area contributed by atoms with Gasteiger partial charge in [0.2, 0.25) is 0 Å². The monoisotopic (exact) mass is 103 g/mol. The molecule has 0 fully saturated rings. The summed E-state index contributed by atoms with van der Waals surface area (Å²) in [5.74, 6) is 0. The van der Waals surface area contributed by atoms with E-state index in [1.807, 2.05) is 0 Å². The molecular formula is C5H13NO. The Hall–Kier alpha value is -0.0800. The van der Waals surface area contributed by atoms with Crippen molar-refractivity contribution in [1.82, 2.24) is 5.48 Å². The lowest BCUT2D eigenvalue weighted by Gasteiger charge is -2.15. The molecule has 44 valence electrons. The van der Waals surface area contributed by atoms with Gasteiger partial charge in [0, 0.05) is 6.54 Å². The van der Waals surface area contributed by atoms with Gasteiger partial charge in [0.1, 0.15) is 0 Å². The Morgan fingerprint density at radius 1 is 1.43 bits per heavy atom. The predicted molar refractivity (Wildman–Crippen MR) is 29.2 cm³/mol. The van der Waals surface area contributed by atoms with E-state index in [9.17, 15) is 0 Å². The third-order valence-corrected chi connectivity index (χ3v) is 0.609. The number of hydrogen-bond donors (Lipinski definition) is 2. The fourth-order valence-electron chi connectivity index (χ4n) is 0.237. The van der Waals surface area contributed by atoms with E-state index >= 15 is 0 Å². The summed E-state index contributed by atoms with van der Waals surface area (Å²) in [6, 6.07) is 0. The molecule has 0 aliphatic carbocycles. The average molecular weight is 103 g/mol. The van der Waals surface area contributed by atoms with Crippen molar-refractivity contribution in [2.45, 2.75) is 20.8 Å². The number of nitrogens with one attached hydrogen (secondary N) is 1. The molecule has 0 aliphatic heterocycles. The van der Waals surface area contributed by atoms with E-state index in [1.54, 1.807) is 0 Å². The Bertz CT molecular complexity index is 46.5. The summed E-state index contributed by atoms with van der Waals surface area (Å²) in [6.45, 7) is 6.80. The number of rotatable bonds is 1. The quantitative estimate of drug-likeness (QED) is 0.485. The summed E-state index contributed by atoms with van der Waals surface area (Å²) in [5, 5.41) is 8.15. The first kappa shape index (κ1) is 6.92. The molecule has 2 heteroatoms. The summed E-state index contributed by atoms with van der Waals surface area (Å²) in [5.41, 5.74) is 2.30. The number of hydrogen-bond acceptors (Lipinski definition) is 2. The zero-order valence-electron chi connectivity index (χ0n) is 5.15. The van der Waals surface area contributed by atoms with Crippen molar-refractivity contribution in [3.05, 3.63) is 0 Å². The van der Waals surface area contributed by atoms with Crippen molar-refractivity contribution in [3.63, 3.8) is 0 Å². The van der Waals surface area contributed by atoms with Gasteiger partial charge in [-0.25, -0.2) is 5.48 Å². The second kappa shape index (κ2) is 2.28. The van der Waals surface area contributed by atoms with E-state index in [0.29, 0.717) is 6.54 Å². The zero-order chi connectivity index (χ0) is 5.91. The molecule has 0 unspecified atom stereocenters. The summed E-state index contributed by atoms with van der Waals surface area (Å²) < 4.78 is 0. The third kappa shape index (κ3) is 5.92. The van der Waals surface area contributed by atoms with Crippen LogP contribution in [0, 0.1) is 5.41 Å². The highest BCUT2D eigenvalue weighted by Crippen LogP contribution is 2.09. The van der Waals surface area contributed by atoms with E-state index < -0.39 is 0 Å². The van der Waals surface area contributed by atoms with Crippen LogP contribution in [0.5, 0.6) is 0 Å². The van der Waals surface area contributed by atoms with Crippen LogP contribution in [-0.2, 0) is 0 Å². The smallest absolute Gasteiger partial charge is 0.0256 e. The molecule has 0 bridgehead atoms. The van der Waals surface area contributed by atoms with Gasteiger partial charge in [-0.15, -0.1) is 0 Å². The fraction of sp³-hybridized carbons (Fsp3) is 1.00. The fourth-order valence-corrected chi connectivity index (χ4v) is 0.237. The van der Waals surface area contributed by atoms with Crippen LogP contribution in [0.3, 0.4) is 0 Å². The van der Waals surface area contributed by atoms with Crippen LogP contribution in [0.2, 0.25) is 0 Å². The van der Waals surface area contributed by atoms with Gasteiger partial charge in [-0.1, -0.05) is 20.8 Å². The maximum Gasteiger partial charge on any atom is 0.0256 e. The van der Waals surface area contributed by atoms with Crippen molar-refractivity contribution in [1.29, 1.82) is 0 Å². The molecule has 0 aromatic rings. The van der Waals surface area contributed by atoms with Gasteiger partial charge < -0.3 is 5.21 Å². The predicted octanol–water partition coefficient (Wildman–Crippen LogP) is 1.01. The lowest BCUT2D eigenvalue weighted by Crippen LogP contribution is -2.23. The second-order valence-electron chi connectivity index (χ2n) is 2.90. The van der Waals surface area contributed by atoms with E-state index in [4.69, 9.17) is 5.21 Å². The molecule has 0 saturated heterocycles. The first-order valence-electron chi connectivity index (χ1n) is 2.43. The molecule has 2 N–H and O–H groups in total. The van der Waals surface area contributed by atoms with Crippen molar-refractivity contribution in [3.8, 4) is 0 Å². The molecule has 0 atom stereocenters. The molecule has 0 radical (unpaired) electrons. The van der Waals surface area contributed by atoms with Crippen LogP contribution in [0.25, 0.3) is 0 Å². The largest absolute Gasteiger partial charge is 0.317 e. The molecule has 0 amide bonds. The van der Waals surface area contributed by atoms with Crippen molar-refractivity contribution in [2.24, 2.45) is 5.41 Å². The Labute approximate surface area is 44.5 Å². The summed E-state index contributed by atoms with van der Waals surface area (Å²) >= 11 is 0. The van der Waals surface area contributed by atoms with Crippen LogP contribution in [0.4, 0.5) is 0 Å². The molecule has 2 nitrogen and oxygen atoms in total. The second-order valence-corrected chi connectivity index (χ2v) is 2.90. The molecule has 0 saturated carbocycles. The lowest BCUT2D eigenvalue weighted by molar-refractivity contribution is 0.131. The van der Waals surface area contributed by atoms with Gasteiger partial charge in [-0.2, -0.15) is 0 Å². The minimum Gasteiger partial charge on any atom is -0.317 e. The van der Waals surface area contributed by atoms with Crippen molar-refractivity contribution < 1.29 is 5.21 Å². The molecule has 0 rings (SSSR count). The van der Waals surface area contributed by atoms with E-state index in [1.165, 1.54) is 0 Å². The molecule has 0 aromatic carbocycles. The van der Waals surface area contributed by atoms with Crippen molar-refractivity contribution in [2.75, 3.05) is 6.54 Å². The molecule has 0 aliphatic rings. The Morgan fingerprint density at radius 3 is 1.86 bits per heavy atom. The summed E-state index contributed by atoms with van der Waals surface area (Å²) in [7, 11) is 0. The maximum absolute atomic E-state index is 8.15. The minimum atomic E-state index is 0.189. The standard InChI is InChI=1S/C5H13NO/c1-5(2,3)4-6-7/h6-7H,4H2,1-3H3. The first-order valence-corrected chi connectivity index (χ1v) is 2.43. The highest BCUT2D eigenvalue weighted by molar-refractivity contribution is 4.60. The summed E-state index contributed by atoms with van der Waals surface area (Å²) in [4.78, 5) is 0. The SMILES string of the molecule is CC(C)(C)CNO. The molecule has 0 aromatic heterocycles. The van der Waals surface area contributed by atoms with Crippen LogP contribution >= 0.6 is 0 Å². The van der Waals surface area contributed by atoms with Crippen LogP contribution < -0.4 is 5.48 Å². The van der Waals surface area contributed by atoms with Gasteiger partial charge in [-0.3, -0.25) is 0 Å². The molecule has 7 heavy (non-hydrogen) atoms. The van der Waals surface area contributed by atoms with E-state index in [2.05, 4.69) is 26.3 Å². The van der Waals surface area contributed by atoms with Gasteiger partial charge in [0.15, 0.2) is 0 Å². The first-order chi connectivity index (χ1) is 3.06. The zero-order valence-corrected chi connectivity index (χ0v) is 5.15. The maximum atomic E-state index is 8.15. The van der Waals surface area contributed by atoms with Crippen LogP contribution in [-0.4, -0.2) is 11.8 Å². The van der Waals surface area contributed by atoms with Crippen LogP contribution in [0.1, 0.15) is 20.8 Å². The minimum absolute atomic E-state index is 0.189. The Balaban J connectivity index is 3.15. The van der Waals surface area contributed by atoms with Gasteiger partial charge in [0.25, 0.3) is 0 Å². The molecule has 0 spiro atoms. The number of hydroxylamine groups is 1. The van der Waals surface area contributed by atoms with Gasteiger partial charge in [-0.05, 0) is 5.41 Å². The van der Waals surface area contributed by atoms with Gasteiger partial charge >= 0.3 is 0 Å². The average Bonchev–Trinajstić information content (AvgIpc) is 1.30. The lowest BCUT2D eigenvalue weighted by atomic mass is 9.98. The highest BCUT2D eigenvalue weighted by atomic mass is 16.5.